The van der Waals surface area contributed by atoms with Crippen LogP contribution in [0.1, 0.15) is 35.7 Å². The number of aliphatic hydroxyl groups is 1. The molecule has 0 aliphatic carbocycles. The monoisotopic (exact) mass is 306 g/mol. The lowest BCUT2D eigenvalue weighted by Gasteiger charge is -2.16. The lowest BCUT2D eigenvalue weighted by atomic mass is 10.2. The van der Waals surface area contributed by atoms with Gasteiger partial charge in [0, 0.05) is 5.56 Å². The van der Waals surface area contributed by atoms with Crippen molar-refractivity contribution in [1.29, 1.82) is 0 Å². The van der Waals surface area contributed by atoms with E-state index in [4.69, 9.17) is 13.5 Å². The van der Waals surface area contributed by atoms with Crippen LogP contribution in [0.15, 0.2) is 10.5 Å². The van der Waals surface area contributed by atoms with Crippen molar-refractivity contribution in [1.82, 2.24) is 0 Å². The second-order valence-corrected chi connectivity index (χ2v) is 5.87. The first-order valence-electron chi connectivity index (χ1n) is 6.18. The smallest absolute Gasteiger partial charge is 0.373 e. The van der Waals surface area contributed by atoms with Crippen LogP contribution >= 0.6 is 7.60 Å². The summed E-state index contributed by atoms with van der Waals surface area (Å²) in [4.78, 5) is 11.4. The topological polar surface area (TPSA) is 95.2 Å². The van der Waals surface area contributed by atoms with Gasteiger partial charge in [0.05, 0.1) is 26.9 Å². The van der Waals surface area contributed by atoms with E-state index in [0.717, 1.165) is 0 Å². The highest BCUT2D eigenvalue weighted by atomic mass is 31.2. The molecule has 0 aliphatic rings. The zero-order valence-corrected chi connectivity index (χ0v) is 12.6. The Morgan fingerprint density at radius 1 is 1.35 bits per heavy atom. The molecule has 114 valence electrons. The number of carbonyl (C=O) groups is 1. The number of esters is 1. The summed E-state index contributed by atoms with van der Waals surface area (Å²) in [6.07, 6.45) is -0.151. The summed E-state index contributed by atoms with van der Waals surface area (Å²) in [6, 6.07) is 1.35. The summed E-state index contributed by atoms with van der Waals surface area (Å²) in [5, 5.41) is 9.26. The van der Waals surface area contributed by atoms with Gasteiger partial charge in [-0.2, -0.15) is 0 Å². The number of aliphatic hydroxyl groups excluding tert-OH is 1. The third-order valence-electron chi connectivity index (χ3n) is 2.44. The Bertz CT molecular complexity index is 484. The Hall–Kier alpha value is -1.14. The Morgan fingerprint density at radius 2 is 1.95 bits per heavy atom. The molecule has 1 aromatic rings. The fourth-order valence-corrected chi connectivity index (χ4v) is 3.30. The number of furan rings is 1. The standard InChI is InChI=1S/C12H19O7P/c1-4-17-20(15,18-5-2)8-11-9(7-13)6-10(19-11)12(14)16-3/h6,13H,4-5,7-8H2,1-3H3. The van der Waals surface area contributed by atoms with E-state index in [1.807, 2.05) is 0 Å². The van der Waals surface area contributed by atoms with E-state index in [0.29, 0.717) is 5.56 Å². The number of hydrogen-bond acceptors (Lipinski definition) is 7. The molecule has 0 aromatic carbocycles. The van der Waals surface area contributed by atoms with Crippen molar-refractivity contribution < 1.29 is 32.7 Å². The lowest BCUT2D eigenvalue weighted by molar-refractivity contribution is 0.0563. The average molecular weight is 306 g/mol. The minimum Gasteiger partial charge on any atom is -0.463 e. The van der Waals surface area contributed by atoms with Crippen LogP contribution in [0.3, 0.4) is 0 Å². The molecular formula is C12H19O7P. The molecule has 1 rings (SSSR count). The molecule has 20 heavy (non-hydrogen) atoms. The van der Waals surface area contributed by atoms with Crippen LogP contribution in [0.5, 0.6) is 0 Å². The van der Waals surface area contributed by atoms with Gasteiger partial charge in [0.1, 0.15) is 11.9 Å². The molecule has 1 aromatic heterocycles. The van der Waals surface area contributed by atoms with E-state index in [2.05, 4.69) is 4.74 Å². The van der Waals surface area contributed by atoms with Gasteiger partial charge in [0.15, 0.2) is 0 Å². The van der Waals surface area contributed by atoms with E-state index in [9.17, 15) is 14.5 Å². The maximum absolute atomic E-state index is 12.4. The van der Waals surface area contributed by atoms with Crippen LogP contribution in [0.25, 0.3) is 0 Å². The molecule has 1 N–H and O–H groups in total. The molecule has 0 amide bonds. The Labute approximate surface area is 117 Å². The maximum atomic E-state index is 12.4. The molecule has 0 unspecified atom stereocenters. The van der Waals surface area contributed by atoms with Crippen LogP contribution in [-0.4, -0.2) is 31.4 Å². The predicted octanol–water partition coefficient (Wildman–Crippen LogP) is 2.32. The van der Waals surface area contributed by atoms with Crippen LogP contribution in [0, 0.1) is 0 Å². The lowest BCUT2D eigenvalue weighted by Crippen LogP contribution is -2.00. The molecular weight excluding hydrogens is 287 g/mol. The molecule has 0 spiro atoms. The summed E-state index contributed by atoms with van der Waals surface area (Å²) >= 11 is 0. The molecule has 1 heterocycles. The van der Waals surface area contributed by atoms with Crippen LogP contribution in [-0.2, 0) is 31.1 Å². The van der Waals surface area contributed by atoms with Gasteiger partial charge in [-0.3, -0.25) is 4.57 Å². The Morgan fingerprint density at radius 3 is 2.40 bits per heavy atom. The van der Waals surface area contributed by atoms with Crippen molar-refractivity contribution in [2.45, 2.75) is 26.6 Å². The molecule has 0 aliphatic heterocycles. The fraction of sp³-hybridized carbons (Fsp3) is 0.583. The minimum atomic E-state index is -3.36. The van der Waals surface area contributed by atoms with Gasteiger partial charge in [0.2, 0.25) is 5.76 Å². The molecule has 0 fully saturated rings. The van der Waals surface area contributed by atoms with Crippen molar-refractivity contribution in [3.63, 3.8) is 0 Å². The van der Waals surface area contributed by atoms with Gasteiger partial charge in [-0.15, -0.1) is 0 Å². The number of carbonyl (C=O) groups excluding carboxylic acids is 1. The van der Waals surface area contributed by atoms with Gasteiger partial charge in [-0.05, 0) is 19.9 Å². The first-order chi connectivity index (χ1) is 9.49. The number of hydrogen-bond donors (Lipinski definition) is 1. The SMILES string of the molecule is CCOP(=O)(Cc1oc(C(=O)OC)cc1CO)OCC. The average Bonchev–Trinajstić information content (AvgIpc) is 2.80. The van der Waals surface area contributed by atoms with E-state index < -0.39 is 13.6 Å². The summed E-state index contributed by atoms with van der Waals surface area (Å²) in [7, 11) is -2.15. The summed E-state index contributed by atoms with van der Waals surface area (Å²) in [5.74, 6) is -0.544. The summed E-state index contributed by atoms with van der Waals surface area (Å²) in [6.45, 7) is 3.47. The zero-order valence-electron chi connectivity index (χ0n) is 11.7. The predicted molar refractivity (Wildman–Crippen MR) is 70.5 cm³/mol. The summed E-state index contributed by atoms with van der Waals surface area (Å²) < 4.78 is 32.5. The molecule has 0 atom stereocenters. The van der Waals surface area contributed by atoms with Crippen molar-refractivity contribution >= 4 is 13.6 Å². The summed E-state index contributed by atoms with van der Waals surface area (Å²) in [5.41, 5.74) is 0.352. The Balaban J connectivity index is 3.02. The Kier molecular flexibility index (Phi) is 6.42. The number of ether oxygens (including phenoxy) is 1. The molecule has 0 saturated carbocycles. The van der Waals surface area contributed by atoms with E-state index in [1.165, 1.54) is 13.2 Å². The molecule has 0 saturated heterocycles. The molecule has 0 bridgehead atoms. The highest BCUT2D eigenvalue weighted by Gasteiger charge is 2.29. The first-order valence-corrected chi connectivity index (χ1v) is 7.91. The number of rotatable bonds is 8. The third kappa shape index (κ3) is 4.18. The van der Waals surface area contributed by atoms with Crippen molar-refractivity contribution in [2.24, 2.45) is 0 Å². The largest absolute Gasteiger partial charge is 0.463 e. The number of methoxy groups -OCH3 is 1. The van der Waals surface area contributed by atoms with E-state index >= 15 is 0 Å². The molecule has 0 radical (unpaired) electrons. The fourth-order valence-electron chi connectivity index (χ4n) is 1.63. The van der Waals surface area contributed by atoms with Crippen LogP contribution in [0.2, 0.25) is 0 Å². The van der Waals surface area contributed by atoms with Gasteiger partial charge < -0.3 is 23.3 Å². The quantitative estimate of drug-likeness (QED) is 0.581. The van der Waals surface area contributed by atoms with Crippen molar-refractivity contribution in [3.05, 3.63) is 23.2 Å². The van der Waals surface area contributed by atoms with Crippen molar-refractivity contribution in [3.8, 4) is 0 Å². The molecule has 8 heteroatoms. The van der Waals surface area contributed by atoms with Gasteiger partial charge in [0.25, 0.3) is 0 Å². The van der Waals surface area contributed by atoms with E-state index in [-0.39, 0.29) is 37.5 Å². The van der Waals surface area contributed by atoms with Gasteiger partial charge in [-0.1, -0.05) is 0 Å². The zero-order chi connectivity index (χ0) is 15.2. The van der Waals surface area contributed by atoms with Crippen LogP contribution < -0.4 is 0 Å². The van der Waals surface area contributed by atoms with Gasteiger partial charge in [-0.25, -0.2) is 4.79 Å². The highest BCUT2D eigenvalue weighted by Crippen LogP contribution is 2.52. The van der Waals surface area contributed by atoms with Crippen molar-refractivity contribution in [2.75, 3.05) is 20.3 Å². The highest BCUT2D eigenvalue weighted by molar-refractivity contribution is 7.53. The molecule has 7 nitrogen and oxygen atoms in total. The third-order valence-corrected chi connectivity index (χ3v) is 4.42. The second-order valence-electron chi connectivity index (χ2n) is 3.81. The first kappa shape index (κ1) is 16.9. The van der Waals surface area contributed by atoms with Gasteiger partial charge >= 0.3 is 13.6 Å². The second kappa shape index (κ2) is 7.59. The normalized spacial score (nSPS) is 11.6. The van der Waals surface area contributed by atoms with E-state index in [1.54, 1.807) is 13.8 Å². The minimum absolute atomic E-state index is 0.0638. The maximum Gasteiger partial charge on any atom is 0.373 e. The van der Waals surface area contributed by atoms with Crippen LogP contribution in [0.4, 0.5) is 0 Å².